The normalized spacial score (nSPS) is 18.8. The number of hydrogen-bond acceptors (Lipinski definition) is 2. The standard InChI is InChI=1S/C24H21FN2O2/c1-2-24(20-12-14-21(25)15-13-20)22(28)27(23(29)26-24)16-17-8-10-19(11-9-17)18-6-4-3-5-7-18/h3-15H,2,16H2,1H3,(H,26,29)/t24-/m0/s1. The Labute approximate surface area is 169 Å². The number of benzene rings is 3. The van der Waals surface area contributed by atoms with Crippen molar-refractivity contribution >= 4 is 11.9 Å². The smallest absolute Gasteiger partial charge is 0.319 e. The van der Waals surface area contributed by atoms with E-state index in [1.165, 1.54) is 17.0 Å². The summed E-state index contributed by atoms with van der Waals surface area (Å²) in [7, 11) is 0. The Kier molecular flexibility index (Phi) is 4.89. The number of urea groups is 1. The minimum atomic E-state index is -1.16. The highest BCUT2D eigenvalue weighted by Crippen LogP contribution is 2.33. The topological polar surface area (TPSA) is 49.4 Å². The van der Waals surface area contributed by atoms with Crippen LogP contribution in [0.3, 0.4) is 0 Å². The maximum Gasteiger partial charge on any atom is 0.325 e. The van der Waals surface area contributed by atoms with E-state index in [9.17, 15) is 14.0 Å². The van der Waals surface area contributed by atoms with Gasteiger partial charge in [-0.15, -0.1) is 0 Å². The molecule has 3 aromatic carbocycles. The van der Waals surface area contributed by atoms with Crippen molar-refractivity contribution in [3.63, 3.8) is 0 Å². The summed E-state index contributed by atoms with van der Waals surface area (Å²) in [4.78, 5) is 27.0. The largest absolute Gasteiger partial charge is 0.325 e. The van der Waals surface area contributed by atoms with Crippen molar-refractivity contribution < 1.29 is 14.0 Å². The van der Waals surface area contributed by atoms with Gasteiger partial charge in [-0.25, -0.2) is 9.18 Å². The van der Waals surface area contributed by atoms with Crippen LogP contribution in [0, 0.1) is 5.82 Å². The first-order chi connectivity index (χ1) is 14.0. The van der Waals surface area contributed by atoms with Gasteiger partial charge in [0.2, 0.25) is 0 Å². The van der Waals surface area contributed by atoms with Gasteiger partial charge >= 0.3 is 6.03 Å². The van der Waals surface area contributed by atoms with Crippen LogP contribution < -0.4 is 5.32 Å². The molecule has 0 spiro atoms. The molecule has 1 heterocycles. The summed E-state index contributed by atoms with van der Waals surface area (Å²) in [5.41, 5.74) is 2.46. The van der Waals surface area contributed by atoms with Crippen molar-refractivity contribution in [1.29, 1.82) is 0 Å². The number of hydrogen-bond donors (Lipinski definition) is 1. The van der Waals surface area contributed by atoms with Gasteiger partial charge in [0.05, 0.1) is 6.54 Å². The molecule has 0 saturated carbocycles. The van der Waals surface area contributed by atoms with E-state index in [2.05, 4.69) is 5.32 Å². The summed E-state index contributed by atoms with van der Waals surface area (Å²) >= 11 is 0. The molecule has 0 aliphatic carbocycles. The molecule has 0 radical (unpaired) electrons. The predicted octanol–water partition coefficient (Wildman–Crippen LogP) is 4.85. The molecule has 0 bridgehead atoms. The van der Waals surface area contributed by atoms with E-state index in [-0.39, 0.29) is 18.3 Å². The second-order valence-corrected chi connectivity index (χ2v) is 7.15. The Bertz CT molecular complexity index is 1030. The maximum atomic E-state index is 13.3. The van der Waals surface area contributed by atoms with Gasteiger partial charge in [-0.2, -0.15) is 0 Å². The Balaban J connectivity index is 1.57. The first kappa shape index (κ1) is 18.9. The zero-order valence-corrected chi connectivity index (χ0v) is 16.1. The molecule has 1 N–H and O–H groups in total. The molecular weight excluding hydrogens is 367 g/mol. The fourth-order valence-electron chi connectivity index (χ4n) is 3.76. The molecule has 29 heavy (non-hydrogen) atoms. The fourth-order valence-corrected chi connectivity index (χ4v) is 3.76. The van der Waals surface area contributed by atoms with Crippen molar-refractivity contribution in [2.24, 2.45) is 0 Å². The SMILES string of the molecule is CC[C@@]1(c2ccc(F)cc2)NC(=O)N(Cc2ccc(-c3ccccc3)cc2)C1=O. The lowest BCUT2D eigenvalue weighted by atomic mass is 9.87. The van der Waals surface area contributed by atoms with Crippen LogP contribution in [0.25, 0.3) is 11.1 Å². The molecule has 1 saturated heterocycles. The molecule has 3 aromatic rings. The highest BCUT2D eigenvalue weighted by molar-refractivity contribution is 6.07. The third kappa shape index (κ3) is 3.40. The number of carbonyl (C=O) groups excluding carboxylic acids is 2. The molecule has 1 aliphatic heterocycles. The van der Waals surface area contributed by atoms with E-state index in [1.807, 2.05) is 61.5 Å². The lowest BCUT2D eigenvalue weighted by Gasteiger charge is -2.25. The second-order valence-electron chi connectivity index (χ2n) is 7.15. The summed E-state index contributed by atoms with van der Waals surface area (Å²) in [6.07, 6.45) is 0.382. The van der Waals surface area contributed by atoms with Gasteiger partial charge in [-0.05, 0) is 40.8 Å². The van der Waals surface area contributed by atoms with Crippen molar-refractivity contribution in [2.75, 3.05) is 0 Å². The van der Waals surface area contributed by atoms with Gasteiger partial charge in [0.25, 0.3) is 5.91 Å². The van der Waals surface area contributed by atoms with E-state index in [0.29, 0.717) is 12.0 Å². The van der Waals surface area contributed by atoms with Crippen LogP contribution in [-0.4, -0.2) is 16.8 Å². The highest BCUT2D eigenvalue weighted by Gasteiger charge is 2.51. The molecule has 0 aromatic heterocycles. The predicted molar refractivity (Wildman–Crippen MR) is 109 cm³/mol. The van der Waals surface area contributed by atoms with Crippen LogP contribution in [0.2, 0.25) is 0 Å². The number of nitrogens with zero attached hydrogens (tertiary/aromatic N) is 1. The minimum Gasteiger partial charge on any atom is -0.319 e. The number of imide groups is 1. The van der Waals surface area contributed by atoms with Crippen molar-refractivity contribution in [1.82, 2.24) is 10.2 Å². The lowest BCUT2D eigenvalue weighted by Crippen LogP contribution is -2.43. The molecule has 4 rings (SSSR count). The quantitative estimate of drug-likeness (QED) is 0.635. The number of carbonyl (C=O) groups is 2. The third-order valence-electron chi connectivity index (χ3n) is 5.44. The third-order valence-corrected chi connectivity index (χ3v) is 5.44. The van der Waals surface area contributed by atoms with Crippen molar-refractivity contribution in [3.05, 3.63) is 95.8 Å². The van der Waals surface area contributed by atoms with Crippen molar-refractivity contribution in [2.45, 2.75) is 25.4 Å². The van der Waals surface area contributed by atoms with Crippen molar-refractivity contribution in [3.8, 4) is 11.1 Å². The lowest BCUT2D eigenvalue weighted by molar-refractivity contribution is -0.132. The van der Waals surface area contributed by atoms with Gasteiger partial charge in [0.15, 0.2) is 0 Å². The number of amides is 3. The number of nitrogens with one attached hydrogen (secondary N) is 1. The van der Waals surface area contributed by atoms with Crippen LogP contribution in [-0.2, 0) is 16.9 Å². The van der Waals surface area contributed by atoms with Gasteiger partial charge in [0.1, 0.15) is 11.4 Å². The van der Waals surface area contributed by atoms with E-state index in [1.54, 1.807) is 12.1 Å². The molecule has 3 amide bonds. The molecule has 5 heteroatoms. The van der Waals surface area contributed by atoms with E-state index in [0.717, 1.165) is 16.7 Å². The Morgan fingerprint density at radius 1 is 0.862 bits per heavy atom. The number of rotatable bonds is 5. The van der Waals surface area contributed by atoms with Crippen LogP contribution in [0.1, 0.15) is 24.5 Å². The first-order valence-corrected chi connectivity index (χ1v) is 9.58. The Morgan fingerprint density at radius 2 is 1.48 bits per heavy atom. The second kappa shape index (κ2) is 7.51. The van der Waals surface area contributed by atoms with Crippen LogP contribution in [0.4, 0.5) is 9.18 Å². The monoisotopic (exact) mass is 388 g/mol. The van der Waals surface area contributed by atoms with Gasteiger partial charge in [-0.1, -0.05) is 73.7 Å². The molecule has 1 atom stereocenters. The molecule has 1 aliphatic rings. The molecule has 0 unspecified atom stereocenters. The van der Waals surface area contributed by atoms with Crippen LogP contribution >= 0.6 is 0 Å². The average molecular weight is 388 g/mol. The average Bonchev–Trinajstić information content (AvgIpc) is 3.00. The maximum absolute atomic E-state index is 13.3. The minimum absolute atomic E-state index is 0.183. The first-order valence-electron chi connectivity index (χ1n) is 9.58. The van der Waals surface area contributed by atoms with Gasteiger partial charge < -0.3 is 5.32 Å². The van der Waals surface area contributed by atoms with Gasteiger partial charge in [0, 0.05) is 0 Å². The molecular formula is C24H21FN2O2. The molecule has 4 nitrogen and oxygen atoms in total. The zero-order valence-electron chi connectivity index (χ0n) is 16.1. The highest BCUT2D eigenvalue weighted by atomic mass is 19.1. The summed E-state index contributed by atoms with van der Waals surface area (Å²) in [6.45, 7) is 2.02. The summed E-state index contributed by atoms with van der Waals surface area (Å²) < 4.78 is 13.3. The van der Waals surface area contributed by atoms with E-state index in [4.69, 9.17) is 0 Å². The molecule has 146 valence electrons. The Hall–Kier alpha value is -3.47. The fraction of sp³-hybridized carbons (Fsp3) is 0.167. The zero-order chi connectivity index (χ0) is 20.4. The van der Waals surface area contributed by atoms with Crippen LogP contribution in [0.5, 0.6) is 0 Å². The Morgan fingerprint density at radius 3 is 2.10 bits per heavy atom. The van der Waals surface area contributed by atoms with E-state index >= 15 is 0 Å². The van der Waals surface area contributed by atoms with Gasteiger partial charge in [-0.3, -0.25) is 9.69 Å². The van der Waals surface area contributed by atoms with E-state index < -0.39 is 11.6 Å². The number of halogens is 1. The summed E-state index contributed by atoms with van der Waals surface area (Å²) in [5, 5.41) is 2.83. The summed E-state index contributed by atoms with van der Waals surface area (Å²) in [5.74, 6) is -0.698. The molecule has 1 fully saturated rings. The summed E-state index contributed by atoms with van der Waals surface area (Å²) in [6, 6.07) is 23.1. The van der Waals surface area contributed by atoms with Crippen LogP contribution in [0.15, 0.2) is 78.9 Å².